The average molecular weight is 300 g/mol. The summed E-state index contributed by atoms with van der Waals surface area (Å²) in [6.07, 6.45) is 2.19. The number of aromatic nitrogens is 1. The standard InChI is InChI=1S/C12H18BrN3O/c1-8(2)16-10(17)5-7-15-12-11(13)9(3)4-6-14-12/h4,6,8H,5,7H2,1-3H3,(H,14,15)(H,16,17). The number of pyridine rings is 1. The molecule has 0 aromatic carbocycles. The molecule has 0 aliphatic heterocycles. The molecule has 94 valence electrons. The second-order valence-corrected chi connectivity index (χ2v) is 4.98. The molecule has 0 unspecified atom stereocenters. The van der Waals surface area contributed by atoms with E-state index in [-0.39, 0.29) is 11.9 Å². The predicted octanol–water partition coefficient (Wildman–Crippen LogP) is 2.48. The Morgan fingerprint density at radius 1 is 1.53 bits per heavy atom. The summed E-state index contributed by atoms with van der Waals surface area (Å²) in [6, 6.07) is 2.12. The SMILES string of the molecule is Cc1ccnc(NCCC(=O)NC(C)C)c1Br. The van der Waals surface area contributed by atoms with Crippen molar-refractivity contribution in [2.24, 2.45) is 0 Å². The van der Waals surface area contributed by atoms with Gasteiger partial charge in [0.05, 0.1) is 4.47 Å². The zero-order chi connectivity index (χ0) is 12.8. The summed E-state index contributed by atoms with van der Waals surface area (Å²) in [5, 5.41) is 5.98. The molecule has 0 atom stereocenters. The smallest absolute Gasteiger partial charge is 0.221 e. The molecule has 1 aromatic rings. The van der Waals surface area contributed by atoms with Gasteiger partial charge in [-0.05, 0) is 48.3 Å². The van der Waals surface area contributed by atoms with Crippen LogP contribution < -0.4 is 10.6 Å². The zero-order valence-electron chi connectivity index (χ0n) is 10.4. The molecule has 1 amide bonds. The number of aryl methyl sites for hydroxylation is 1. The van der Waals surface area contributed by atoms with Crippen LogP contribution in [0.5, 0.6) is 0 Å². The number of carbonyl (C=O) groups excluding carboxylic acids is 1. The number of carbonyl (C=O) groups is 1. The number of halogens is 1. The highest BCUT2D eigenvalue weighted by Gasteiger charge is 2.05. The van der Waals surface area contributed by atoms with E-state index in [2.05, 4.69) is 31.5 Å². The normalized spacial score (nSPS) is 10.4. The van der Waals surface area contributed by atoms with Crippen molar-refractivity contribution in [1.29, 1.82) is 0 Å². The van der Waals surface area contributed by atoms with Gasteiger partial charge in [-0.2, -0.15) is 0 Å². The van der Waals surface area contributed by atoms with Gasteiger partial charge < -0.3 is 10.6 Å². The van der Waals surface area contributed by atoms with Gasteiger partial charge in [0.1, 0.15) is 5.82 Å². The molecular formula is C12H18BrN3O. The van der Waals surface area contributed by atoms with E-state index in [9.17, 15) is 4.79 Å². The first kappa shape index (κ1) is 14.0. The van der Waals surface area contributed by atoms with Gasteiger partial charge in [-0.3, -0.25) is 4.79 Å². The van der Waals surface area contributed by atoms with E-state index < -0.39 is 0 Å². The van der Waals surface area contributed by atoms with Crippen molar-refractivity contribution in [2.75, 3.05) is 11.9 Å². The quantitative estimate of drug-likeness (QED) is 0.878. The summed E-state index contributed by atoms with van der Waals surface area (Å²) < 4.78 is 0.948. The first-order chi connectivity index (χ1) is 8.00. The minimum atomic E-state index is 0.0521. The number of amides is 1. The van der Waals surface area contributed by atoms with Crippen LogP contribution in [0.15, 0.2) is 16.7 Å². The minimum absolute atomic E-state index is 0.0521. The van der Waals surface area contributed by atoms with E-state index in [1.807, 2.05) is 26.8 Å². The summed E-state index contributed by atoms with van der Waals surface area (Å²) in [6.45, 7) is 6.48. The van der Waals surface area contributed by atoms with Crippen molar-refractivity contribution in [3.8, 4) is 0 Å². The number of nitrogens with one attached hydrogen (secondary N) is 2. The molecule has 0 saturated heterocycles. The Kier molecular flexibility index (Phi) is 5.41. The molecule has 0 saturated carbocycles. The van der Waals surface area contributed by atoms with Crippen LogP contribution in [0.2, 0.25) is 0 Å². The number of hydrogen-bond donors (Lipinski definition) is 2. The van der Waals surface area contributed by atoms with Gasteiger partial charge in [0.15, 0.2) is 0 Å². The maximum Gasteiger partial charge on any atom is 0.221 e. The van der Waals surface area contributed by atoms with Crippen LogP contribution in [0.1, 0.15) is 25.8 Å². The van der Waals surface area contributed by atoms with Crippen molar-refractivity contribution in [3.05, 3.63) is 22.3 Å². The van der Waals surface area contributed by atoms with Crippen LogP contribution in [-0.4, -0.2) is 23.5 Å². The molecule has 0 aliphatic carbocycles. The van der Waals surface area contributed by atoms with Crippen LogP contribution in [0.3, 0.4) is 0 Å². The van der Waals surface area contributed by atoms with E-state index in [1.165, 1.54) is 0 Å². The Balaban J connectivity index is 2.41. The molecule has 0 fully saturated rings. The van der Waals surface area contributed by atoms with Crippen LogP contribution in [0.4, 0.5) is 5.82 Å². The first-order valence-electron chi connectivity index (χ1n) is 5.65. The highest BCUT2D eigenvalue weighted by molar-refractivity contribution is 9.10. The third-order valence-corrected chi connectivity index (χ3v) is 3.18. The molecule has 17 heavy (non-hydrogen) atoms. The van der Waals surface area contributed by atoms with Crippen LogP contribution in [-0.2, 0) is 4.79 Å². The summed E-state index contributed by atoms with van der Waals surface area (Å²) in [4.78, 5) is 15.6. The fourth-order valence-corrected chi connectivity index (χ4v) is 1.73. The Hall–Kier alpha value is -1.10. The fourth-order valence-electron chi connectivity index (χ4n) is 1.35. The summed E-state index contributed by atoms with van der Waals surface area (Å²) in [5.41, 5.74) is 1.12. The number of anilines is 1. The van der Waals surface area contributed by atoms with Gasteiger partial charge in [0.2, 0.25) is 5.91 Å². The molecule has 0 bridgehead atoms. The number of nitrogens with zero attached hydrogens (tertiary/aromatic N) is 1. The molecule has 0 radical (unpaired) electrons. The van der Waals surface area contributed by atoms with E-state index in [4.69, 9.17) is 0 Å². The topological polar surface area (TPSA) is 54.0 Å². The highest BCUT2D eigenvalue weighted by atomic mass is 79.9. The number of rotatable bonds is 5. The lowest BCUT2D eigenvalue weighted by Gasteiger charge is -2.10. The van der Waals surface area contributed by atoms with Crippen molar-refractivity contribution < 1.29 is 4.79 Å². The second kappa shape index (κ2) is 6.59. The van der Waals surface area contributed by atoms with Crippen LogP contribution >= 0.6 is 15.9 Å². The van der Waals surface area contributed by atoms with Gasteiger partial charge >= 0.3 is 0 Å². The highest BCUT2D eigenvalue weighted by Crippen LogP contribution is 2.22. The minimum Gasteiger partial charge on any atom is -0.369 e. The molecular weight excluding hydrogens is 282 g/mol. The van der Waals surface area contributed by atoms with Crippen LogP contribution in [0, 0.1) is 6.92 Å². The summed E-state index contributed by atoms with van der Waals surface area (Å²) >= 11 is 3.46. The van der Waals surface area contributed by atoms with Gasteiger partial charge in [-0.1, -0.05) is 0 Å². The van der Waals surface area contributed by atoms with Gasteiger partial charge in [-0.15, -0.1) is 0 Å². The van der Waals surface area contributed by atoms with E-state index in [1.54, 1.807) is 6.20 Å². The van der Waals surface area contributed by atoms with E-state index in [0.29, 0.717) is 13.0 Å². The van der Waals surface area contributed by atoms with Crippen molar-refractivity contribution >= 4 is 27.7 Å². The molecule has 0 aliphatic rings. The Morgan fingerprint density at radius 2 is 2.24 bits per heavy atom. The van der Waals surface area contributed by atoms with Crippen molar-refractivity contribution in [3.63, 3.8) is 0 Å². The van der Waals surface area contributed by atoms with E-state index >= 15 is 0 Å². The number of hydrogen-bond acceptors (Lipinski definition) is 3. The zero-order valence-corrected chi connectivity index (χ0v) is 12.0. The lowest BCUT2D eigenvalue weighted by Crippen LogP contribution is -2.31. The third kappa shape index (κ3) is 4.73. The summed E-state index contributed by atoms with van der Waals surface area (Å²) in [5.74, 6) is 0.832. The molecule has 2 N–H and O–H groups in total. The summed E-state index contributed by atoms with van der Waals surface area (Å²) in [7, 11) is 0. The molecule has 1 aromatic heterocycles. The average Bonchev–Trinajstić information content (AvgIpc) is 2.23. The van der Waals surface area contributed by atoms with Crippen LogP contribution in [0.25, 0.3) is 0 Å². The van der Waals surface area contributed by atoms with Gasteiger partial charge in [0.25, 0.3) is 0 Å². The molecule has 5 heteroatoms. The first-order valence-corrected chi connectivity index (χ1v) is 6.44. The van der Waals surface area contributed by atoms with Gasteiger partial charge in [0, 0.05) is 25.2 Å². The van der Waals surface area contributed by atoms with Crippen molar-refractivity contribution in [1.82, 2.24) is 10.3 Å². The largest absolute Gasteiger partial charge is 0.369 e. The maximum absolute atomic E-state index is 11.4. The fraction of sp³-hybridized carbons (Fsp3) is 0.500. The Labute approximate surface area is 110 Å². The van der Waals surface area contributed by atoms with Gasteiger partial charge in [-0.25, -0.2) is 4.98 Å². The Bertz CT molecular complexity index is 393. The monoisotopic (exact) mass is 299 g/mol. The van der Waals surface area contributed by atoms with E-state index in [0.717, 1.165) is 15.9 Å². The third-order valence-electron chi connectivity index (χ3n) is 2.18. The molecule has 1 rings (SSSR count). The molecule has 4 nitrogen and oxygen atoms in total. The van der Waals surface area contributed by atoms with Crippen molar-refractivity contribution in [2.45, 2.75) is 33.2 Å². The lowest BCUT2D eigenvalue weighted by atomic mass is 10.3. The second-order valence-electron chi connectivity index (χ2n) is 4.19. The Morgan fingerprint density at radius 3 is 2.88 bits per heavy atom. The molecule has 1 heterocycles. The lowest BCUT2D eigenvalue weighted by molar-refractivity contribution is -0.121. The molecule has 0 spiro atoms. The predicted molar refractivity (Wildman–Crippen MR) is 73.1 cm³/mol. The maximum atomic E-state index is 11.4.